The SMILES string of the molecule is Cc1nc(-c2ccc(N(CC(=O)NCCCC(C)C)CC(=O)N(C)C3Cc4ccccc4C3)c(C)c2)no1.Cl. The number of nitrogens with one attached hydrogen (secondary N) is 1. The molecule has 0 saturated carbocycles. The van der Waals surface area contributed by atoms with Crippen molar-refractivity contribution in [1.82, 2.24) is 20.4 Å². The molecule has 0 atom stereocenters. The largest absolute Gasteiger partial charge is 0.355 e. The molecule has 9 heteroatoms. The van der Waals surface area contributed by atoms with Gasteiger partial charge < -0.3 is 19.6 Å². The Bertz CT molecular complexity index is 1250. The molecule has 0 saturated heterocycles. The monoisotopic (exact) mass is 553 g/mol. The lowest BCUT2D eigenvalue weighted by Gasteiger charge is -2.30. The van der Waals surface area contributed by atoms with Crippen molar-refractivity contribution in [3.63, 3.8) is 0 Å². The van der Waals surface area contributed by atoms with Crippen LogP contribution in [0.25, 0.3) is 11.4 Å². The summed E-state index contributed by atoms with van der Waals surface area (Å²) < 4.78 is 5.13. The first-order valence-corrected chi connectivity index (χ1v) is 13.5. The summed E-state index contributed by atoms with van der Waals surface area (Å²) >= 11 is 0. The number of amides is 2. The molecule has 2 amide bonds. The number of carbonyl (C=O) groups is 2. The number of halogens is 1. The van der Waals surface area contributed by atoms with Gasteiger partial charge in [-0.2, -0.15) is 4.98 Å². The molecule has 210 valence electrons. The van der Waals surface area contributed by atoms with E-state index in [2.05, 4.69) is 41.4 Å². The number of rotatable bonds is 11. The number of likely N-dealkylation sites (N-methyl/N-ethyl adjacent to an activating group) is 1. The number of hydrogen-bond donors (Lipinski definition) is 1. The van der Waals surface area contributed by atoms with Gasteiger partial charge in [0, 0.05) is 37.8 Å². The third-order valence-electron chi connectivity index (χ3n) is 7.23. The average Bonchev–Trinajstić information content (AvgIpc) is 3.52. The molecule has 3 aromatic rings. The summed E-state index contributed by atoms with van der Waals surface area (Å²) in [6, 6.07) is 14.3. The predicted molar refractivity (Wildman–Crippen MR) is 156 cm³/mol. The standard InChI is InChI=1S/C30H39N5O3.ClH/c1-20(2)9-8-14-31-28(36)18-35(27-13-12-25(15-21(27)3)30-32-22(4)38-33-30)19-29(37)34(5)26-16-23-10-6-7-11-24(23)17-26;/h6-7,10-13,15,20,26H,8-9,14,16-19H2,1-5H3,(H,31,36);1H. The molecule has 0 aliphatic heterocycles. The van der Waals surface area contributed by atoms with Crippen LogP contribution < -0.4 is 10.2 Å². The molecule has 8 nitrogen and oxygen atoms in total. The highest BCUT2D eigenvalue weighted by molar-refractivity contribution is 5.87. The van der Waals surface area contributed by atoms with Gasteiger partial charge in [0.05, 0.1) is 13.1 Å². The van der Waals surface area contributed by atoms with E-state index in [0.717, 1.165) is 42.5 Å². The molecule has 1 N–H and O–H groups in total. The topological polar surface area (TPSA) is 91.6 Å². The van der Waals surface area contributed by atoms with E-state index in [0.29, 0.717) is 24.2 Å². The van der Waals surface area contributed by atoms with Crippen molar-refractivity contribution in [1.29, 1.82) is 0 Å². The summed E-state index contributed by atoms with van der Waals surface area (Å²) in [5, 5.41) is 7.04. The van der Waals surface area contributed by atoms with Gasteiger partial charge in [0.1, 0.15) is 0 Å². The number of fused-ring (bicyclic) bond motifs is 1. The zero-order chi connectivity index (χ0) is 27.2. The van der Waals surface area contributed by atoms with Gasteiger partial charge in [-0.15, -0.1) is 12.4 Å². The molecule has 0 spiro atoms. The quantitative estimate of drug-likeness (QED) is 0.344. The van der Waals surface area contributed by atoms with Crippen LogP contribution in [0.15, 0.2) is 47.0 Å². The Balaban J connectivity index is 0.00000420. The molecule has 0 fully saturated rings. The minimum Gasteiger partial charge on any atom is -0.355 e. The van der Waals surface area contributed by atoms with Gasteiger partial charge in [0.25, 0.3) is 0 Å². The van der Waals surface area contributed by atoms with Gasteiger partial charge in [-0.25, -0.2) is 0 Å². The highest BCUT2D eigenvalue weighted by Gasteiger charge is 2.29. The normalized spacial score (nSPS) is 12.7. The minimum atomic E-state index is -0.0882. The van der Waals surface area contributed by atoms with Crippen LogP contribution in [0.3, 0.4) is 0 Å². The maximum absolute atomic E-state index is 13.5. The Morgan fingerprint density at radius 1 is 1.08 bits per heavy atom. The van der Waals surface area contributed by atoms with E-state index >= 15 is 0 Å². The zero-order valence-corrected chi connectivity index (χ0v) is 24.4. The van der Waals surface area contributed by atoms with Crippen molar-refractivity contribution in [3.05, 3.63) is 65.0 Å². The summed E-state index contributed by atoms with van der Waals surface area (Å²) in [6.45, 7) is 8.94. The first kappa shape index (κ1) is 30.2. The van der Waals surface area contributed by atoms with Crippen molar-refractivity contribution < 1.29 is 14.1 Å². The van der Waals surface area contributed by atoms with Crippen LogP contribution in [0.4, 0.5) is 5.69 Å². The Morgan fingerprint density at radius 2 is 1.77 bits per heavy atom. The fourth-order valence-corrected chi connectivity index (χ4v) is 5.05. The molecule has 0 bridgehead atoms. The van der Waals surface area contributed by atoms with Gasteiger partial charge in [0.2, 0.25) is 23.5 Å². The molecule has 1 heterocycles. The lowest BCUT2D eigenvalue weighted by molar-refractivity contribution is -0.130. The first-order valence-electron chi connectivity index (χ1n) is 13.5. The average molecular weight is 554 g/mol. The van der Waals surface area contributed by atoms with Gasteiger partial charge in [0.15, 0.2) is 0 Å². The van der Waals surface area contributed by atoms with Crippen LogP contribution in [0.2, 0.25) is 0 Å². The maximum Gasteiger partial charge on any atom is 0.242 e. The highest BCUT2D eigenvalue weighted by atomic mass is 35.5. The molecular weight excluding hydrogens is 514 g/mol. The second kappa shape index (κ2) is 13.6. The molecule has 4 rings (SSSR count). The first-order chi connectivity index (χ1) is 18.2. The van der Waals surface area contributed by atoms with E-state index in [4.69, 9.17) is 4.52 Å². The van der Waals surface area contributed by atoms with Crippen molar-refractivity contribution >= 4 is 29.9 Å². The van der Waals surface area contributed by atoms with Crippen LogP contribution >= 0.6 is 12.4 Å². The number of benzene rings is 2. The number of carbonyl (C=O) groups excluding carboxylic acids is 2. The van der Waals surface area contributed by atoms with Crippen molar-refractivity contribution in [2.24, 2.45) is 5.92 Å². The number of aromatic nitrogens is 2. The minimum absolute atomic E-state index is 0. The highest BCUT2D eigenvalue weighted by Crippen LogP contribution is 2.27. The number of hydrogen-bond acceptors (Lipinski definition) is 6. The van der Waals surface area contributed by atoms with Crippen LogP contribution in [-0.2, 0) is 22.4 Å². The van der Waals surface area contributed by atoms with Crippen LogP contribution in [0.1, 0.15) is 49.3 Å². The second-order valence-corrected chi connectivity index (χ2v) is 10.7. The van der Waals surface area contributed by atoms with E-state index in [-0.39, 0.29) is 43.4 Å². The van der Waals surface area contributed by atoms with Gasteiger partial charge in [-0.1, -0.05) is 43.3 Å². The summed E-state index contributed by atoms with van der Waals surface area (Å²) in [7, 11) is 1.87. The Morgan fingerprint density at radius 3 is 2.36 bits per heavy atom. The third kappa shape index (κ3) is 7.82. The van der Waals surface area contributed by atoms with Gasteiger partial charge >= 0.3 is 0 Å². The predicted octanol–water partition coefficient (Wildman–Crippen LogP) is 4.76. The van der Waals surface area contributed by atoms with E-state index in [1.165, 1.54) is 11.1 Å². The molecule has 1 aliphatic rings. The van der Waals surface area contributed by atoms with E-state index in [1.807, 2.05) is 54.1 Å². The molecule has 0 radical (unpaired) electrons. The molecule has 1 aromatic heterocycles. The lowest BCUT2D eigenvalue weighted by atomic mass is 10.1. The smallest absolute Gasteiger partial charge is 0.242 e. The van der Waals surface area contributed by atoms with Crippen molar-refractivity contribution in [3.8, 4) is 11.4 Å². The van der Waals surface area contributed by atoms with E-state index < -0.39 is 0 Å². The van der Waals surface area contributed by atoms with Crippen molar-refractivity contribution in [2.75, 3.05) is 31.6 Å². The molecule has 0 unspecified atom stereocenters. The molecule has 2 aromatic carbocycles. The maximum atomic E-state index is 13.5. The lowest BCUT2D eigenvalue weighted by Crippen LogP contribution is -2.47. The van der Waals surface area contributed by atoms with Crippen LogP contribution in [0, 0.1) is 19.8 Å². The number of nitrogens with zero attached hydrogens (tertiary/aromatic N) is 4. The summed E-state index contributed by atoms with van der Waals surface area (Å²) in [5.74, 6) is 1.52. The molecular formula is C30H40ClN5O3. The van der Waals surface area contributed by atoms with Crippen LogP contribution in [0.5, 0.6) is 0 Å². The fraction of sp³-hybridized carbons (Fsp3) is 0.467. The summed E-state index contributed by atoms with van der Waals surface area (Å²) in [5.41, 5.74) is 5.20. The Labute approximate surface area is 237 Å². The van der Waals surface area contributed by atoms with Crippen molar-refractivity contribution in [2.45, 2.75) is 59.4 Å². The summed E-state index contributed by atoms with van der Waals surface area (Å²) in [4.78, 5) is 34.5. The second-order valence-electron chi connectivity index (χ2n) is 10.7. The zero-order valence-electron chi connectivity index (χ0n) is 23.6. The van der Waals surface area contributed by atoms with Crippen LogP contribution in [-0.4, -0.2) is 59.6 Å². The Kier molecular flexibility index (Phi) is 10.5. The molecule has 1 aliphatic carbocycles. The fourth-order valence-electron chi connectivity index (χ4n) is 5.05. The van der Waals surface area contributed by atoms with Gasteiger partial charge in [-0.3, -0.25) is 9.59 Å². The third-order valence-corrected chi connectivity index (χ3v) is 7.23. The Hall–Kier alpha value is -3.39. The van der Waals surface area contributed by atoms with Gasteiger partial charge in [-0.05, 0) is 73.4 Å². The number of anilines is 1. The van der Waals surface area contributed by atoms with E-state index in [9.17, 15) is 9.59 Å². The van der Waals surface area contributed by atoms with E-state index in [1.54, 1.807) is 6.92 Å². The number of aryl methyl sites for hydroxylation is 2. The summed E-state index contributed by atoms with van der Waals surface area (Å²) in [6.07, 6.45) is 3.71. The molecule has 39 heavy (non-hydrogen) atoms.